The van der Waals surface area contributed by atoms with Crippen molar-refractivity contribution < 1.29 is 9.53 Å². The second-order valence-corrected chi connectivity index (χ2v) is 5.90. The summed E-state index contributed by atoms with van der Waals surface area (Å²) in [7, 11) is 0. The van der Waals surface area contributed by atoms with Gasteiger partial charge in [0.15, 0.2) is 0 Å². The van der Waals surface area contributed by atoms with Gasteiger partial charge in [-0.25, -0.2) is 9.97 Å². The predicted molar refractivity (Wildman–Crippen MR) is 76.5 cm³/mol. The zero-order valence-corrected chi connectivity index (χ0v) is 12.6. The Labute approximate surface area is 120 Å². The Morgan fingerprint density at radius 1 is 1.11 bits per heavy atom. The monoisotopic (exact) mass is 296 g/mol. The third-order valence-electron chi connectivity index (χ3n) is 2.51. The molecule has 0 aliphatic heterocycles. The first-order valence-electron chi connectivity index (χ1n) is 6.23. The minimum Gasteiger partial charge on any atom is -0.459 e. The smallest absolute Gasteiger partial charge is 0.312 e. The summed E-state index contributed by atoms with van der Waals surface area (Å²) in [4.78, 5) is 20.4. The van der Waals surface area contributed by atoms with Crippen molar-refractivity contribution in [1.29, 1.82) is 0 Å². The molecule has 0 spiro atoms. The molecule has 0 atom stereocenters. The molecule has 0 fully saturated rings. The lowest BCUT2D eigenvalue weighted by Gasteiger charge is -2.00. The molecule has 0 saturated carbocycles. The number of ether oxygens (including phenoxy) is 1. The molecule has 2 aromatic heterocycles. The molecule has 0 radical (unpaired) electrons. The van der Waals surface area contributed by atoms with E-state index in [1.54, 1.807) is 22.7 Å². The van der Waals surface area contributed by atoms with E-state index in [2.05, 4.69) is 23.8 Å². The molecule has 6 heteroatoms. The number of aromatic nitrogens is 2. The molecule has 2 rings (SSSR count). The molecule has 0 N–H and O–H groups in total. The van der Waals surface area contributed by atoms with Crippen LogP contribution < -0.4 is 0 Å². The first kappa shape index (κ1) is 14.1. The van der Waals surface area contributed by atoms with Crippen LogP contribution in [0, 0.1) is 0 Å². The number of hydrogen-bond acceptors (Lipinski definition) is 6. The van der Waals surface area contributed by atoms with Crippen molar-refractivity contribution >= 4 is 28.6 Å². The van der Waals surface area contributed by atoms with Gasteiger partial charge in [0.1, 0.15) is 6.61 Å². The number of thiazole rings is 2. The maximum atomic E-state index is 11.7. The Morgan fingerprint density at radius 3 is 2.26 bits per heavy atom. The van der Waals surface area contributed by atoms with Crippen molar-refractivity contribution in [3.8, 4) is 0 Å². The van der Waals surface area contributed by atoms with Crippen molar-refractivity contribution in [3.05, 3.63) is 32.2 Å². The van der Waals surface area contributed by atoms with Crippen LogP contribution in [-0.2, 0) is 35.4 Å². The normalized spacial score (nSPS) is 10.6. The number of carbonyl (C=O) groups is 1. The van der Waals surface area contributed by atoms with Gasteiger partial charge in [-0.05, 0) is 12.8 Å². The molecule has 0 aromatic carbocycles. The van der Waals surface area contributed by atoms with E-state index in [1.807, 2.05) is 10.8 Å². The summed E-state index contributed by atoms with van der Waals surface area (Å²) in [5.74, 6) is -0.251. The largest absolute Gasteiger partial charge is 0.459 e. The van der Waals surface area contributed by atoms with Crippen LogP contribution in [0.2, 0.25) is 0 Å². The average molecular weight is 296 g/mol. The van der Waals surface area contributed by atoms with E-state index >= 15 is 0 Å². The Bertz CT molecular complexity index is 548. The van der Waals surface area contributed by atoms with Gasteiger partial charge in [0.2, 0.25) is 0 Å². The van der Waals surface area contributed by atoms with Crippen molar-refractivity contribution in [2.75, 3.05) is 0 Å². The molecule has 19 heavy (non-hydrogen) atoms. The van der Waals surface area contributed by atoms with Crippen molar-refractivity contribution in [1.82, 2.24) is 9.97 Å². The quantitative estimate of drug-likeness (QED) is 0.769. The van der Waals surface area contributed by atoms with Crippen molar-refractivity contribution in [2.24, 2.45) is 0 Å². The number of aryl methyl sites for hydroxylation is 2. The average Bonchev–Trinajstić information content (AvgIpc) is 3.04. The second-order valence-electron chi connectivity index (χ2n) is 4.01. The van der Waals surface area contributed by atoms with Gasteiger partial charge < -0.3 is 4.74 Å². The Kier molecular flexibility index (Phi) is 5.04. The van der Waals surface area contributed by atoms with Gasteiger partial charge in [-0.1, -0.05) is 13.8 Å². The lowest BCUT2D eigenvalue weighted by molar-refractivity contribution is -0.144. The summed E-state index contributed by atoms with van der Waals surface area (Å²) in [5, 5.41) is 5.97. The van der Waals surface area contributed by atoms with Gasteiger partial charge >= 0.3 is 5.97 Å². The van der Waals surface area contributed by atoms with E-state index < -0.39 is 0 Å². The predicted octanol–water partition coefficient (Wildman–Crippen LogP) is 3.01. The van der Waals surface area contributed by atoms with Crippen LogP contribution in [0.4, 0.5) is 0 Å². The molecular formula is C13H16N2O2S2. The third-order valence-corrected chi connectivity index (χ3v) is 4.59. The zero-order chi connectivity index (χ0) is 13.7. The number of esters is 1. The highest BCUT2D eigenvalue weighted by molar-refractivity contribution is 7.09. The van der Waals surface area contributed by atoms with E-state index in [0.717, 1.165) is 34.2 Å². The highest BCUT2D eigenvalue weighted by atomic mass is 32.1. The van der Waals surface area contributed by atoms with Gasteiger partial charge in [-0.3, -0.25) is 4.79 Å². The molecular weight excluding hydrogens is 280 g/mol. The van der Waals surface area contributed by atoms with Crippen LogP contribution in [0.1, 0.15) is 35.3 Å². The molecule has 0 aliphatic carbocycles. The SMILES string of the molecule is CCc1nc(COC(=O)Cc2csc(CC)n2)cs1. The van der Waals surface area contributed by atoms with Crippen LogP contribution in [0.15, 0.2) is 10.8 Å². The van der Waals surface area contributed by atoms with E-state index in [-0.39, 0.29) is 19.0 Å². The highest BCUT2D eigenvalue weighted by Gasteiger charge is 2.09. The molecule has 102 valence electrons. The van der Waals surface area contributed by atoms with Crippen molar-refractivity contribution in [2.45, 2.75) is 39.7 Å². The number of rotatable bonds is 6. The lowest BCUT2D eigenvalue weighted by atomic mass is 10.3. The minimum absolute atomic E-state index is 0.237. The van der Waals surface area contributed by atoms with E-state index in [0.29, 0.717) is 0 Å². The first-order chi connectivity index (χ1) is 9.21. The van der Waals surface area contributed by atoms with Gasteiger partial charge in [0, 0.05) is 10.8 Å². The van der Waals surface area contributed by atoms with Gasteiger partial charge in [-0.15, -0.1) is 22.7 Å². The van der Waals surface area contributed by atoms with Crippen LogP contribution in [0.3, 0.4) is 0 Å². The van der Waals surface area contributed by atoms with Crippen LogP contribution >= 0.6 is 22.7 Å². The molecule has 4 nitrogen and oxygen atoms in total. The first-order valence-corrected chi connectivity index (χ1v) is 7.99. The van der Waals surface area contributed by atoms with Crippen LogP contribution in [0.25, 0.3) is 0 Å². The summed E-state index contributed by atoms with van der Waals surface area (Å²) in [6.07, 6.45) is 2.05. The second kappa shape index (κ2) is 6.77. The molecule has 0 unspecified atom stereocenters. The topological polar surface area (TPSA) is 52.1 Å². The summed E-state index contributed by atoms with van der Waals surface area (Å²) in [5.41, 5.74) is 1.61. The lowest BCUT2D eigenvalue weighted by Crippen LogP contribution is -2.08. The molecule has 0 saturated heterocycles. The summed E-state index contributed by atoms with van der Waals surface area (Å²) in [6.45, 7) is 4.36. The summed E-state index contributed by atoms with van der Waals surface area (Å²) < 4.78 is 5.20. The molecule has 0 amide bonds. The number of carbonyl (C=O) groups excluding carboxylic acids is 1. The fourth-order valence-electron chi connectivity index (χ4n) is 1.52. The van der Waals surface area contributed by atoms with Gasteiger partial charge in [0.25, 0.3) is 0 Å². The third kappa shape index (κ3) is 4.11. The molecule has 0 bridgehead atoms. The van der Waals surface area contributed by atoms with Crippen molar-refractivity contribution in [3.63, 3.8) is 0 Å². The van der Waals surface area contributed by atoms with Gasteiger partial charge in [0.05, 0.1) is 27.8 Å². The molecule has 2 aromatic rings. The fourth-order valence-corrected chi connectivity index (χ4v) is 3.00. The summed E-state index contributed by atoms with van der Waals surface area (Å²) in [6, 6.07) is 0. The van der Waals surface area contributed by atoms with Gasteiger partial charge in [-0.2, -0.15) is 0 Å². The van der Waals surface area contributed by atoms with Crippen LogP contribution in [-0.4, -0.2) is 15.9 Å². The van der Waals surface area contributed by atoms with E-state index in [9.17, 15) is 4.79 Å². The number of nitrogens with zero attached hydrogens (tertiary/aromatic N) is 2. The number of hydrogen-bond donors (Lipinski definition) is 0. The fraction of sp³-hybridized carbons (Fsp3) is 0.462. The molecule has 0 aliphatic rings. The van der Waals surface area contributed by atoms with E-state index in [4.69, 9.17) is 4.74 Å². The Morgan fingerprint density at radius 2 is 1.68 bits per heavy atom. The Balaban J connectivity index is 1.81. The maximum absolute atomic E-state index is 11.7. The maximum Gasteiger partial charge on any atom is 0.312 e. The molecule has 2 heterocycles. The van der Waals surface area contributed by atoms with E-state index in [1.165, 1.54) is 0 Å². The van der Waals surface area contributed by atoms with Crippen LogP contribution in [0.5, 0.6) is 0 Å². The Hall–Kier alpha value is -1.27. The summed E-state index contributed by atoms with van der Waals surface area (Å²) >= 11 is 3.18. The minimum atomic E-state index is -0.251. The highest BCUT2D eigenvalue weighted by Crippen LogP contribution is 2.13. The standard InChI is InChI=1S/C13H16N2O2S2/c1-3-11-14-9(7-18-11)5-13(16)17-6-10-8-19-12(4-2)15-10/h7-8H,3-6H2,1-2H3. The zero-order valence-electron chi connectivity index (χ0n) is 11.0.